The quantitative estimate of drug-likeness (QED) is 0.476. The fraction of sp³-hybridized carbons (Fsp3) is 0.769. The predicted molar refractivity (Wildman–Crippen MR) is 62.6 cm³/mol. The molecule has 1 atom stereocenters. The van der Waals surface area contributed by atoms with Crippen molar-refractivity contribution in [3.05, 3.63) is 5.53 Å². The van der Waals surface area contributed by atoms with Crippen LogP contribution in [0.2, 0.25) is 0 Å². The van der Waals surface area contributed by atoms with E-state index in [1.54, 1.807) is 6.92 Å². The molecular formula is C13H18N2O2. The van der Waals surface area contributed by atoms with Gasteiger partial charge in [0.15, 0.2) is 5.78 Å². The highest BCUT2D eigenvalue weighted by molar-refractivity contribution is 6.46. The zero-order chi connectivity index (χ0) is 12.5. The van der Waals surface area contributed by atoms with E-state index in [2.05, 4.69) is 4.79 Å². The van der Waals surface area contributed by atoms with Gasteiger partial charge in [0, 0.05) is 12.3 Å². The molecule has 92 valence electrons. The first-order valence-corrected chi connectivity index (χ1v) is 6.42. The highest BCUT2D eigenvalue weighted by Crippen LogP contribution is 2.42. The van der Waals surface area contributed by atoms with E-state index < -0.39 is 5.41 Å². The van der Waals surface area contributed by atoms with Crippen molar-refractivity contribution in [2.24, 2.45) is 11.3 Å². The van der Waals surface area contributed by atoms with Gasteiger partial charge >= 0.3 is 5.71 Å². The Morgan fingerprint density at radius 1 is 1.18 bits per heavy atom. The van der Waals surface area contributed by atoms with Crippen LogP contribution in [0, 0.1) is 11.3 Å². The summed E-state index contributed by atoms with van der Waals surface area (Å²) in [6.07, 6.45) is 5.71. The summed E-state index contributed by atoms with van der Waals surface area (Å²) in [4.78, 5) is 27.5. The minimum Gasteiger partial charge on any atom is -0.361 e. The molecular weight excluding hydrogens is 216 g/mol. The fourth-order valence-corrected chi connectivity index (χ4v) is 3.16. The van der Waals surface area contributed by atoms with Crippen LogP contribution in [0.15, 0.2) is 0 Å². The Labute approximate surface area is 101 Å². The Morgan fingerprint density at radius 2 is 1.76 bits per heavy atom. The second kappa shape index (κ2) is 4.53. The van der Waals surface area contributed by atoms with Crippen LogP contribution in [-0.4, -0.2) is 22.1 Å². The highest BCUT2D eigenvalue weighted by Gasteiger charge is 2.56. The summed E-state index contributed by atoms with van der Waals surface area (Å²) >= 11 is 0. The molecule has 2 aliphatic carbocycles. The van der Waals surface area contributed by atoms with E-state index in [-0.39, 0.29) is 23.2 Å². The second-order valence-electron chi connectivity index (χ2n) is 5.34. The maximum absolute atomic E-state index is 12.3. The van der Waals surface area contributed by atoms with Crippen LogP contribution in [0.1, 0.15) is 51.9 Å². The molecule has 1 unspecified atom stereocenters. The largest absolute Gasteiger partial charge is 0.361 e. The Bertz CT molecular complexity index is 400. The molecule has 17 heavy (non-hydrogen) atoms. The van der Waals surface area contributed by atoms with Crippen molar-refractivity contribution in [2.75, 3.05) is 0 Å². The van der Waals surface area contributed by atoms with Gasteiger partial charge in [-0.05, 0) is 12.8 Å². The molecule has 4 heteroatoms. The number of carbonyl (C=O) groups is 2. The topological polar surface area (TPSA) is 70.5 Å². The number of hydrogen-bond acceptors (Lipinski definition) is 2. The monoisotopic (exact) mass is 234 g/mol. The molecule has 2 rings (SSSR count). The molecule has 4 nitrogen and oxygen atoms in total. The molecule has 0 N–H and O–H groups in total. The number of hydrogen-bond donors (Lipinski definition) is 0. The minimum atomic E-state index is -0.769. The SMILES string of the molecule is CC1CC(=O)C2(CCCCCC2)C(=[N+]=[N-])C1=O. The maximum atomic E-state index is 12.3. The third kappa shape index (κ3) is 1.87. The lowest BCUT2D eigenvalue weighted by Gasteiger charge is -2.31. The van der Waals surface area contributed by atoms with E-state index in [0.717, 1.165) is 25.7 Å². The molecule has 0 aromatic heterocycles. The number of carbonyl (C=O) groups excluding carboxylic acids is 2. The summed E-state index contributed by atoms with van der Waals surface area (Å²) in [6, 6.07) is 0. The summed E-state index contributed by atoms with van der Waals surface area (Å²) in [7, 11) is 0. The van der Waals surface area contributed by atoms with Gasteiger partial charge in [0.1, 0.15) is 5.41 Å². The standard InChI is InChI=1S/C13H18N2O2/c1-9-8-10(16)13(12(15-14)11(9)17)6-4-2-3-5-7-13/h9H,2-8H2,1H3. The molecule has 2 saturated carbocycles. The molecule has 0 bridgehead atoms. The number of nitrogens with zero attached hydrogens (tertiary/aromatic N) is 2. The molecule has 0 aromatic carbocycles. The summed E-state index contributed by atoms with van der Waals surface area (Å²) in [5.74, 6) is -0.379. The second-order valence-corrected chi connectivity index (χ2v) is 5.34. The average Bonchev–Trinajstić information content (AvgIpc) is 2.55. The van der Waals surface area contributed by atoms with Crippen molar-refractivity contribution in [1.29, 1.82) is 0 Å². The maximum Gasteiger partial charge on any atom is 0.348 e. The third-order valence-electron chi connectivity index (χ3n) is 4.22. The van der Waals surface area contributed by atoms with Crippen LogP contribution in [0.25, 0.3) is 5.53 Å². The van der Waals surface area contributed by atoms with Gasteiger partial charge in [0.2, 0.25) is 5.78 Å². The zero-order valence-corrected chi connectivity index (χ0v) is 10.2. The fourth-order valence-electron chi connectivity index (χ4n) is 3.16. The smallest absolute Gasteiger partial charge is 0.348 e. The molecule has 0 saturated heterocycles. The van der Waals surface area contributed by atoms with Crippen molar-refractivity contribution in [3.63, 3.8) is 0 Å². The molecule has 0 radical (unpaired) electrons. The summed E-state index contributed by atoms with van der Waals surface area (Å²) in [5, 5.41) is 0. The molecule has 2 aliphatic rings. The molecule has 0 amide bonds. The number of rotatable bonds is 0. The van der Waals surface area contributed by atoms with Crippen molar-refractivity contribution >= 4 is 17.3 Å². The van der Waals surface area contributed by atoms with Gasteiger partial charge in [0.05, 0.1) is 0 Å². The summed E-state index contributed by atoms with van der Waals surface area (Å²) in [5.41, 5.74) is 8.48. The van der Waals surface area contributed by atoms with E-state index in [1.165, 1.54) is 0 Å². The van der Waals surface area contributed by atoms with Gasteiger partial charge in [-0.15, -0.1) is 0 Å². The number of ketones is 2. The van der Waals surface area contributed by atoms with Gasteiger partial charge in [-0.3, -0.25) is 9.59 Å². The first kappa shape index (κ1) is 12.2. The van der Waals surface area contributed by atoms with E-state index in [1.807, 2.05) is 0 Å². The highest BCUT2D eigenvalue weighted by atomic mass is 16.1. The van der Waals surface area contributed by atoms with Crippen LogP contribution in [0.4, 0.5) is 0 Å². The molecule has 1 spiro atoms. The van der Waals surface area contributed by atoms with Gasteiger partial charge in [-0.2, -0.15) is 4.79 Å². The number of Topliss-reactive ketones (excluding diaryl/α,β-unsaturated/α-hetero) is 2. The molecule has 0 heterocycles. The first-order valence-electron chi connectivity index (χ1n) is 6.42. The zero-order valence-electron chi connectivity index (χ0n) is 10.2. The van der Waals surface area contributed by atoms with Gasteiger partial charge in [0.25, 0.3) is 0 Å². The normalized spacial score (nSPS) is 29.0. The van der Waals surface area contributed by atoms with Crippen molar-refractivity contribution in [1.82, 2.24) is 0 Å². The van der Waals surface area contributed by atoms with E-state index in [4.69, 9.17) is 5.53 Å². The van der Waals surface area contributed by atoms with Gasteiger partial charge in [-0.25, -0.2) is 0 Å². The summed E-state index contributed by atoms with van der Waals surface area (Å²) < 4.78 is 0. The van der Waals surface area contributed by atoms with Crippen LogP contribution < -0.4 is 0 Å². The van der Waals surface area contributed by atoms with Gasteiger partial charge in [-0.1, -0.05) is 32.6 Å². The molecule has 2 fully saturated rings. The van der Waals surface area contributed by atoms with Crippen LogP contribution in [0.3, 0.4) is 0 Å². The van der Waals surface area contributed by atoms with Crippen LogP contribution >= 0.6 is 0 Å². The first-order chi connectivity index (χ1) is 8.12. The minimum absolute atomic E-state index is 0.0966. The Morgan fingerprint density at radius 3 is 2.29 bits per heavy atom. The van der Waals surface area contributed by atoms with E-state index in [0.29, 0.717) is 19.3 Å². The van der Waals surface area contributed by atoms with Crippen molar-refractivity contribution in [2.45, 2.75) is 51.9 Å². The Hall–Kier alpha value is -1.28. The molecule has 0 aromatic rings. The molecule has 0 aliphatic heterocycles. The lowest BCUT2D eigenvalue weighted by Crippen LogP contribution is -2.50. The van der Waals surface area contributed by atoms with E-state index >= 15 is 0 Å². The lowest BCUT2D eigenvalue weighted by atomic mass is 9.64. The third-order valence-corrected chi connectivity index (χ3v) is 4.22. The van der Waals surface area contributed by atoms with Crippen LogP contribution in [0.5, 0.6) is 0 Å². The van der Waals surface area contributed by atoms with Crippen molar-refractivity contribution < 1.29 is 14.4 Å². The van der Waals surface area contributed by atoms with E-state index in [9.17, 15) is 9.59 Å². The summed E-state index contributed by atoms with van der Waals surface area (Å²) in [6.45, 7) is 1.73. The van der Waals surface area contributed by atoms with Gasteiger partial charge < -0.3 is 5.53 Å². The van der Waals surface area contributed by atoms with Crippen LogP contribution in [-0.2, 0) is 9.59 Å². The average molecular weight is 234 g/mol. The Balaban J connectivity index is 2.44. The van der Waals surface area contributed by atoms with Crippen molar-refractivity contribution in [3.8, 4) is 0 Å². The predicted octanol–water partition coefficient (Wildman–Crippen LogP) is 2.18. The lowest BCUT2D eigenvalue weighted by molar-refractivity contribution is -0.138. The Kier molecular flexibility index (Phi) is 3.25.